The molecule has 1 N–H and O–H groups in total. The van der Waals surface area contributed by atoms with Gasteiger partial charge in [0, 0.05) is 35.5 Å². The Hall–Kier alpha value is -1.23. The van der Waals surface area contributed by atoms with Gasteiger partial charge in [-0.25, -0.2) is 4.79 Å². The van der Waals surface area contributed by atoms with Gasteiger partial charge in [0.2, 0.25) is 0 Å². The van der Waals surface area contributed by atoms with Crippen molar-refractivity contribution in [3.63, 3.8) is 0 Å². The fraction of sp³-hybridized carbons (Fsp3) is 0.375. The molecule has 7 heteroatoms. The topological polar surface area (TPSA) is 60.5 Å². The maximum Gasteiger partial charge on any atom is 0.341 e. The molecule has 1 fully saturated rings. The summed E-state index contributed by atoms with van der Waals surface area (Å²) in [5.41, 5.74) is 2.15. The van der Waals surface area contributed by atoms with E-state index in [9.17, 15) is 4.79 Å². The fourth-order valence-corrected chi connectivity index (χ4v) is 4.76. The number of fused-ring (bicyclic) bond motifs is 1. The van der Waals surface area contributed by atoms with E-state index in [1.165, 1.54) is 0 Å². The van der Waals surface area contributed by atoms with Gasteiger partial charge in [0.25, 0.3) is 0 Å². The first-order valence-electron chi connectivity index (χ1n) is 7.42. The molecule has 2 aromatic rings. The van der Waals surface area contributed by atoms with Gasteiger partial charge >= 0.3 is 5.97 Å². The Labute approximate surface area is 144 Å². The summed E-state index contributed by atoms with van der Waals surface area (Å²) in [6, 6.07) is 5.86. The quantitative estimate of drug-likeness (QED) is 0.610. The maximum absolute atomic E-state index is 12.3. The van der Waals surface area contributed by atoms with Crippen LogP contribution in [0.2, 0.25) is 0 Å². The third-order valence-electron chi connectivity index (χ3n) is 3.78. The molecule has 1 aromatic carbocycles. The Morgan fingerprint density at radius 3 is 2.96 bits per heavy atom. The second-order valence-electron chi connectivity index (χ2n) is 5.30. The van der Waals surface area contributed by atoms with Crippen molar-refractivity contribution in [1.82, 2.24) is 4.98 Å². The van der Waals surface area contributed by atoms with Crippen LogP contribution in [0, 0.1) is 0 Å². The molecule has 122 valence electrons. The van der Waals surface area contributed by atoms with Crippen molar-refractivity contribution in [1.29, 1.82) is 0 Å². The van der Waals surface area contributed by atoms with Gasteiger partial charge in [-0.05, 0) is 33.2 Å². The van der Waals surface area contributed by atoms with Gasteiger partial charge in [0.15, 0.2) is 0 Å². The molecule has 0 saturated carbocycles. The molecule has 1 aromatic heterocycles. The predicted molar refractivity (Wildman–Crippen MR) is 96.5 cm³/mol. The van der Waals surface area contributed by atoms with E-state index in [4.69, 9.17) is 9.47 Å². The summed E-state index contributed by atoms with van der Waals surface area (Å²) >= 11 is 3.49. The van der Waals surface area contributed by atoms with Crippen LogP contribution in [0.1, 0.15) is 17.3 Å². The maximum atomic E-state index is 12.3. The first kappa shape index (κ1) is 16.6. The van der Waals surface area contributed by atoms with E-state index in [0.717, 1.165) is 33.4 Å². The summed E-state index contributed by atoms with van der Waals surface area (Å²) in [4.78, 5) is 16.7. The van der Waals surface area contributed by atoms with Gasteiger partial charge in [-0.15, -0.1) is 0 Å². The molecule has 23 heavy (non-hydrogen) atoms. The number of methoxy groups -OCH3 is 1. The number of anilines is 1. The largest absolute Gasteiger partial charge is 0.462 e. The van der Waals surface area contributed by atoms with E-state index in [1.54, 1.807) is 20.2 Å². The summed E-state index contributed by atoms with van der Waals surface area (Å²) in [7, 11) is 1.36. The molecule has 0 aliphatic carbocycles. The molecule has 0 atom stereocenters. The number of esters is 1. The highest BCUT2D eigenvalue weighted by molar-refractivity contribution is 9.10. The van der Waals surface area contributed by atoms with Gasteiger partial charge in [-0.2, -0.15) is 0 Å². The highest BCUT2D eigenvalue weighted by Gasteiger charge is 2.30. The first-order chi connectivity index (χ1) is 11.1. The molecule has 0 amide bonds. The van der Waals surface area contributed by atoms with Crippen LogP contribution in [0.4, 0.5) is 5.69 Å². The number of hydrogen-bond donors (Lipinski definition) is 1. The minimum Gasteiger partial charge on any atom is -0.462 e. The molecule has 0 spiro atoms. The smallest absolute Gasteiger partial charge is 0.341 e. The van der Waals surface area contributed by atoms with E-state index in [0.29, 0.717) is 18.3 Å². The van der Waals surface area contributed by atoms with E-state index in [1.807, 2.05) is 18.2 Å². The first-order valence-corrected chi connectivity index (χ1v) is 9.92. The highest BCUT2D eigenvalue weighted by Crippen LogP contribution is 2.48. The average molecular weight is 397 g/mol. The van der Waals surface area contributed by atoms with Crippen molar-refractivity contribution in [2.45, 2.75) is 13.0 Å². The van der Waals surface area contributed by atoms with Gasteiger partial charge < -0.3 is 14.6 Å². The van der Waals surface area contributed by atoms with Crippen LogP contribution in [-0.2, 0) is 9.47 Å². The van der Waals surface area contributed by atoms with Gasteiger partial charge in [0.05, 0.1) is 23.9 Å². The van der Waals surface area contributed by atoms with Crippen LogP contribution < -0.4 is 5.09 Å². The van der Waals surface area contributed by atoms with Crippen molar-refractivity contribution >= 4 is 46.6 Å². The van der Waals surface area contributed by atoms with E-state index in [-0.39, 0.29) is 14.0 Å². The number of hydrogen-bond acceptors (Lipinski definition) is 5. The van der Waals surface area contributed by atoms with E-state index in [2.05, 4.69) is 26.0 Å². The summed E-state index contributed by atoms with van der Waals surface area (Å²) < 4.78 is 11.5. The number of carbonyl (C=O) groups is 1. The zero-order chi connectivity index (χ0) is 16.4. The number of ether oxygens (including phenoxy) is 2. The lowest BCUT2D eigenvalue weighted by molar-refractivity contribution is 0.0527. The lowest BCUT2D eigenvalue weighted by Gasteiger charge is -2.35. The number of aromatic nitrogens is 1. The number of carbonyl (C=O) groups excluding carboxylic acids is 1. The van der Waals surface area contributed by atoms with Crippen molar-refractivity contribution in [3.8, 4) is 0 Å². The Balaban J connectivity index is 2.00. The lowest BCUT2D eigenvalue weighted by atomic mass is 10.1. The van der Waals surface area contributed by atoms with Crippen molar-refractivity contribution < 1.29 is 14.3 Å². The van der Waals surface area contributed by atoms with Crippen LogP contribution in [0.5, 0.6) is 0 Å². The molecule has 5 nitrogen and oxygen atoms in total. The molecular formula is C16H18BrN2O3P. The third kappa shape index (κ3) is 3.49. The molecule has 1 saturated heterocycles. The Morgan fingerprint density at radius 1 is 1.48 bits per heavy atom. The Morgan fingerprint density at radius 2 is 2.26 bits per heavy atom. The van der Waals surface area contributed by atoms with E-state index >= 15 is 0 Å². The van der Waals surface area contributed by atoms with Crippen LogP contribution in [0.25, 0.3) is 10.9 Å². The number of rotatable bonds is 5. The highest BCUT2D eigenvalue weighted by atomic mass is 79.9. The number of pyridine rings is 1. The second kappa shape index (κ2) is 7.12. The Bertz CT molecular complexity index is 735. The van der Waals surface area contributed by atoms with Crippen molar-refractivity contribution in [2.75, 3.05) is 31.1 Å². The van der Waals surface area contributed by atoms with Crippen molar-refractivity contribution in [2.24, 2.45) is 0 Å². The molecular weight excluding hydrogens is 379 g/mol. The number of benzene rings is 1. The van der Waals surface area contributed by atoms with Gasteiger partial charge in [-0.3, -0.25) is 4.98 Å². The summed E-state index contributed by atoms with van der Waals surface area (Å²) in [5, 5.41) is 4.47. The van der Waals surface area contributed by atoms with Crippen LogP contribution in [-0.4, -0.2) is 43.1 Å². The second-order valence-corrected chi connectivity index (χ2v) is 8.25. The zero-order valence-electron chi connectivity index (χ0n) is 13.0. The molecule has 2 heterocycles. The molecule has 1 aliphatic heterocycles. The molecule has 0 radical (unpaired) electrons. The molecule has 0 unspecified atom stereocenters. The standard InChI is InChI=1S/C16H18BrN2O3P/c1-3-22-16(20)13-7-18-14-5-4-10(17)6-12(14)15(13)19-23-8-11(9-23)21-2/h4-7,11H,3,8-9H2,1-2H3,(H,18,19). The molecule has 1 aliphatic rings. The van der Waals surface area contributed by atoms with Crippen molar-refractivity contribution in [3.05, 3.63) is 34.4 Å². The SMILES string of the molecule is CCOC(=O)c1cnc2ccc(Br)cc2c1NP1CC(OC)C1. The Kier molecular flexibility index (Phi) is 5.14. The van der Waals surface area contributed by atoms with Crippen LogP contribution in [0.15, 0.2) is 28.9 Å². The number of nitrogens with one attached hydrogen (secondary N) is 1. The van der Waals surface area contributed by atoms with Crippen LogP contribution in [0.3, 0.4) is 0 Å². The average Bonchev–Trinajstić information content (AvgIpc) is 2.50. The van der Waals surface area contributed by atoms with Gasteiger partial charge in [0.1, 0.15) is 5.56 Å². The minimum absolute atomic E-state index is 0.319. The third-order valence-corrected chi connectivity index (χ3v) is 6.51. The molecule has 0 bridgehead atoms. The minimum atomic E-state index is -0.378. The number of halogens is 1. The zero-order valence-corrected chi connectivity index (χ0v) is 15.5. The van der Waals surface area contributed by atoms with E-state index < -0.39 is 0 Å². The fourth-order valence-electron chi connectivity index (χ4n) is 2.49. The predicted octanol–water partition coefficient (Wildman–Crippen LogP) is 4.01. The molecule has 3 rings (SSSR count). The summed E-state index contributed by atoms with van der Waals surface area (Å²) in [6.07, 6.45) is 3.90. The monoisotopic (exact) mass is 396 g/mol. The lowest BCUT2D eigenvalue weighted by Crippen LogP contribution is -2.32. The summed E-state index contributed by atoms with van der Waals surface area (Å²) in [5.74, 6) is -0.344. The van der Waals surface area contributed by atoms with Gasteiger partial charge in [-0.1, -0.05) is 15.9 Å². The van der Waals surface area contributed by atoms with Crippen LogP contribution >= 0.6 is 24.0 Å². The summed E-state index contributed by atoms with van der Waals surface area (Å²) in [6.45, 7) is 2.14. The number of nitrogens with zero attached hydrogens (tertiary/aromatic N) is 1. The normalized spacial score (nSPS) is 20.1.